The fourth-order valence-electron chi connectivity index (χ4n) is 3.88. The molecule has 1 unspecified atom stereocenters. The number of hydrogen-bond acceptors (Lipinski definition) is 3. The molecule has 3 aromatic rings. The van der Waals surface area contributed by atoms with Crippen molar-refractivity contribution in [3.63, 3.8) is 0 Å². The molecule has 6 heteroatoms. The molecule has 1 aliphatic rings. The van der Waals surface area contributed by atoms with Crippen LogP contribution in [-0.4, -0.2) is 27.1 Å². The molecular weight excluding hydrogens is 345 g/mol. The summed E-state index contributed by atoms with van der Waals surface area (Å²) >= 11 is 0. The topological polar surface area (TPSA) is 78.0 Å². The minimum atomic E-state index is -0.322. The lowest BCUT2D eigenvalue weighted by Gasteiger charge is -2.37. The van der Waals surface area contributed by atoms with E-state index in [0.29, 0.717) is 18.4 Å². The molecule has 0 aliphatic heterocycles. The number of benzene rings is 1. The number of hydrogen-bond donors (Lipinski definition) is 3. The lowest BCUT2D eigenvalue weighted by molar-refractivity contribution is -0.122. The third-order valence-electron chi connectivity index (χ3n) is 5.39. The van der Waals surface area contributed by atoms with Crippen LogP contribution in [0.5, 0.6) is 0 Å². The van der Waals surface area contributed by atoms with Crippen LogP contribution in [0.25, 0.3) is 10.9 Å². The van der Waals surface area contributed by atoms with Crippen LogP contribution in [0.15, 0.2) is 42.6 Å². The van der Waals surface area contributed by atoms with Gasteiger partial charge in [0.2, 0.25) is 5.91 Å². The maximum atomic E-state index is 14.0. The summed E-state index contributed by atoms with van der Waals surface area (Å²) in [7, 11) is 0. The SMILES string of the molecule is Cc1[nH]c2c(F)cccc2c1CC(=O)NC(c1ccccn1)C1CC(O)C1. The number of aromatic nitrogens is 2. The molecule has 2 aromatic heterocycles. The molecule has 0 radical (unpaired) electrons. The van der Waals surface area contributed by atoms with Gasteiger partial charge in [-0.25, -0.2) is 4.39 Å². The molecule has 1 saturated carbocycles. The van der Waals surface area contributed by atoms with Gasteiger partial charge in [-0.3, -0.25) is 9.78 Å². The van der Waals surface area contributed by atoms with Crippen LogP contribution in [-0.2, 0) is 11.2 Å². The first-order chi connectivity index (χ1) is 13.0. The smallest absolute Gasteiger partial charge is 0.225 e. The predicted octanol–water partition coefficient (Wildman–Crippen LogP) is 3.18. The highest BCUT2D eigenvalue weighted by atomic mass is 19.1. The number of aromatic amines is 1. The number of carbonyl (C=O) groups excluding carboxylic acids is 1. The number of aryl methyl sites for hydroxylation is 1. The van der Waals surface area contributed by atoms with Crippen molar-refractivity contribution in [2.45, 2.75) is 38.3 Å². The highest BCUT2D eigenvalue weighted by Gasteiger charge is 2.36. The van der Waals surface area contributed by atoms with E-state index in [-0.39, 0.29) is 36.2 Å². The molecule has 1 atom stereocenters. The number of aliphatic hydroxyl groups is 1. The van der Waals surface area contributed by atoms with Crippen LogP contribution in [0.2, 0.25) is 0 Å². The van der Waals surface area contributed by atoms with E-state index in [2.05, 4.69) is 15.3 Å². The third-order valence-corrected chi connectivity index (χ3v) is 5.39. The van der Waals surface area contributed by atoms with Crippen molar-refractivity contribution < 1.29 is 14.3 Å². The lowest BCUT2D eigenvalue weighted by atomic mass is 9.76. The molecule has 0 spiro atoms. The molecule has 2 heterocycles. The molecule has 1 fully saturated rings. The summed E-state index contributed by atoms with van der Waals surface area (Å²) in [6, 6.07) is 10.3. The molecule has 5 nitrogen and oxygen atoms in total. The Morgan fingerprint density at radius 2 is 2.15 bits per heavy atom. The van der Waals surface area contributed by atoms with E-state index in [1.807, 2.05) is 31.2 Å². The largest absolute Gasteiger partial charge is 0.393 e. The van der Waals surface area contributed by atoms with Gasteiger partial charge >= 0.3 is 0 Å². The van der Waals surface area contributed by atoms with Crippen molar-refractivity contribution in [1.82, 2.24) is 15.3 Å². The Morgan fingerprint density at radius 1 is 1.33 bits per heavy atom. The van der Waals surface area contributed by atoms with Crippen molar-refractivity contribution in [2.75, 3.05) is 0 Å². The number of nitrogens with one attached hydrogen (secondary N) is 2. The van der Waals surface area contributed by atoms with E-state index in [1.54, 1.807) is 12.3 Å². The number of nitrogens with zero attached hydrogens (tertiary/aromatic N) is 1. The van der Waals surface area contributed by atoms with Crippen molar-refractivity contribution in [3.05, 3.63) is 65.4 Å². The fraction of sp³-hybridized carbons (Fsp3) is 0.333. The molecule has 1 amide bonds. The average Bonchev–Trinajstić information content (AvgIpc) is 2.95. The molecule has 0 saturated heterocycles. The van der Waals surface area contributed by atoms with Crippen molar-refractivity contribution in [1.29, 1.82) is 0 Å². The van der Waals surface area contributed by atoms with E-state index in [1.165, 1.54) is 6.07 Å². The molecule has 27 heavy (non-hydrogen) atoms. The monoisotopic (exact) mass is 367 g/mol. The number of halogens is 1. The standard InChI is InChI=1S/C21H22FN3O2/c1-12-16(15-5-4-6-17(22)21(15)24-12)11-19(27)25-20(13-9-14(26)10-13)18-7-2-3-8-23-18/h2-8,13-14,20,24,26H,9-11H2,1H3,(H,25,27). The van der Waals surface area contributed by atoms with E-state index >= 15 is 0 Å². The summed E-state index contributed by atoms with van der Waals surface area (Å²) in [5.74, 6) is -0.294. The van der Waals surface area contributed by atoms with Crippen LogP contribution in [0, 0.1) is 18.7 Å². The van der Waals surface area contributed by atoms with Crippen LogP contribution in [0.4, 0.5) is 4.39 Å². The zero-order valence-corrected chi connectivity index (χ0v) is 15.1. The molecule has 0 bridgehead atoms. The number of para-hydroxylation sites is 1. The quantitative estimate of drug-likeness (QED) is 0.648. The van der Waals surface area contributed by atoms with Gasteiger partial charge in [0.1, 0.15) is 5.82 Å². The Balaban J connectivity index is 1.56. The van der Waals surface area contributed by atoms with Crippen molar-refractivity contribution in [3.8, 4) is 0 Å². The summed E-state index contributed by atoms with van der Waals surface area (Å²) in [4.78, 5) is 20.2. The first-order valence-electron chi connectivity index (χ1n) is 9.17. The zero-order valence-electron chi connectivity index (χ0n) is 15.1. The Hall–Kier alpha value is -2.73. The van der Waals surface area contributed by atoms with Gasteiger partial charge in [-0.2, -0.15) is 0 Å². The van der Waals surface area contributed by atoms with Gasteiger partial charge in [0, 0.05) is 17.3 Å². The third kappa shape index (κ3) is 3.45. The molecule has 1 aromatic carbocycles. The first kappa shape index (κ1) is 17.7. The van der Waals surface area contributed by atoms with Gasteiger partial charge in [0.25, 0.3) is 0 Å². The molecule has 4 rings (SSSR count). The Labute approximate surface area is 156 Å². The minimum absolute atomic E-state index is 0.139. The predicted molar refractivity (Wildman–Crippen MR) is 101 cm³/mol. The number of amides is 1. The van der Waals surface area contributed by atoms with Crippen LogP contribution < -0.4 is 5.32 Å². The summed E-state index contributed by atoms with van der Waals surface area (Å²) < 4.78 is 14.0. The van der Waals surface area contributed by atoms with E-state index in [9.17, 15) is 14.3 Å². The first-order valence-corrected chi connectivity index (χ1v) is 9.17. The highest BCUT2D eigenvalue weighted by Crippen LogP contribution is 2.37. The fourth-order valence-corrected chi connectivity index (χ4v) is 3.88. The van der Waals surface area contributed by atoms with Crippen LogP contribution in [0.3, 0.4) is 0 Å². The van der Waals surface area contributed by atoms with Crippen LogP contribution in [0.1, 0.15) is 35.8 Å². The molecule has 1 aliphatic carbocycles. The number of rotatable bonds is 5. The summed E-state index contributed by atoms with van der Waals surface area (Å²) in [6.45, 7) is 1.85. The number of pyridine rings is 1. The van der Waals surface area contributed by atoms with Gasteiger partial charge in [-0.05, 0) is 49.4 Å². The second kappa shape index (κ2) is 7.12. The number of aliphatic hydroxyl groups excluding tert-OH is 1. The summed E-state index contributed by atoms with van der Waals surface area (Å²) in [5, 5.41) is 13.5. The number of carbonyl (C=O) groups is 1. The second-order valence-corrected chi connectivity index (χ2v) is 7.25. The molecular formula is C21H22FN3O2. The average molecular weight is 367 g/mol. The van der Waals surface area contributed by atoms with E-state index in [0.717, 1.165) is 22.3 Å². The van der Waals surface area contributed by atoms with Gasteiger partial charge in [-0.1, -0.05) is 18.2 Å². The van der Waals surface area contributed by atoms with Gasteiger partial charge in [0.15, 0.2) is 0 Å². The Bertz CT molecular complexity index is 964. The van der Waals surface area contributed by atoms with Gasteiger partial charge < -0.3 is 15.4 Å². The normalized spacial score (nSPS) is 20.3. The molecule has 140 valence electrons. The Kier molecular flexibility index (Phi) is 4.66. The van der Waals surface area contributed by atoms with E-state index in [4.69, 9.17) is 0 Å². The van der Waals surface area contributed by atoms with Crippen molar-refractivity contribution in [2.24, 2.45) is 5.92 Å². The summed E-state index contributed by atoms with van der Waals surface area (Å²) in [6.07, 6.45) is 2.86. The minimum Gasteiger partial charge on any atom is -0.393 e. The zero-order chi connectivity index (χ0) is 19.0. The van der Waals surface area contributed by atoms with Gasteiger partial charge in [0.05, 0.1) is 29.8 Å². The van der Waals surface area contributed by atoms with Gasteiger partial charge in [-0.15, -0.1) is 0 Å². The number of fused-ring (bicyclic) bond motifs is 1. The summed E-state index contributed by atoms with van der Waals surface area (Å²) in [5.41, 5.74) is 2.82. The maximum Gasteiger partial charge on any atom is 0.225 e. The highest BCUT2D eigenvalue weighted by molar-refractivity contribution is 5.90. The number of H-pyrrole nitrogens is 1. The van der Waals surface area contributed by atoms with E-state index < -0.39 is 0 Å². The molecule has 3 N–H and O–H groups in total. The second-order valence-electron chi connectivity index (χ2n) is 7.25. The van der Waals surface area contributed by atoms with Crippen LogP contribution >= 0.6 is 0 Å². The lowest BCUT2D eigenvalue weighted by Crippen LogP contribution is -2.42. The maximum absolute atomic E-state index is 14.0. The Morgan fingerprint density at radius 3 is 2.85 bits per heavy atom. The van der Waals surface area contributed by atoms with Crippen molar-refractivity contribution >= 4 is 16.8 Å².